The quantitative estimate of drug-likeness (QED) is 0.773. The van der Waals surface area contributed by atoms with Gasteiger partial charge in [-0.2, -0.15) is 4.31 Å². The van der Waals surface area contributed by atoms with Crippen LogP contribution in [0.5, 0.6) is 0 Å². The average Bonchev–Trinajstić information content (AvgIpc) is 2.67. The fraction of sp³-hybridized carbons (Fsp3) is 0.556. The third-order valence-electron chi connectivity index (χ3n) is 1.99. The molecule has 1 rings (SSSR count). The van der Waals surface area contributed by atoms with Gasteiger partial charge in [-0.3, -0.25) is 0 Å². The number of aliphatic hydroxyl groups excluding tert-OH is 1. The van der Waals surface area contributed by atoms with Crippen molar-refractivity contribution in [2.24, 2.45) is 0 Å². The van der Waals surface area contributed by atoms with E-state index in [2.05, 4.69) is 0 Å². The van der Waals surface area contributed by atoms with E-state index >= 15 is 0 Å². The molecule has 0 unspecified atom stereocenters. The summed E-state index contributed by atoms with van der Waals surface area (Å²) in [6.45, 7) is 0.106. The van der Waals surface area contributed by atoms with E-state index in [1.165, 1.54) is 17.6 Å². The van der Waals surface area contributed by atoms with Gasteiger partial charge in [0.2, 0.25) is 10.0 Å². The molecule has 0 bridgehead atoms. The van der Waals surface area contributed by atoms with E-state index in [0.717, 1.165) is 0 Å². The van der Waals surface area contributed by atoms with Crippen molar-refractivity contribution in [2.75, 3.05) is 19.4 Å². The van der Waals surface area contributed by atoms with Crippen molar-refractivity contribution in [1.82, 2.24) is 4.31 Å². The zero-order valence-corrected chi connectivity index (χ0v) is 9.40. The average molecular weight is 233 g/mol. The molecule has 1 heterocycles. The Morgan fingerprint density at radius 2 is 2.27 bits per heavy atom. The SMILES string of the molecule is CN(Cc1ccco1)S(=O)(=O)CCCO. The van der Waals surface area contributed by atoms with E-state index in [4.69, 9.17) is 9.52 Å². The third kappa shape index (κ3) is 3.65. The Kier molecular flexibility index (Phi) is 4.31. The minimum atomic E-state index is -3.29. The van der Waals surface area contributed by atoms with E-state index < -0.39 is 10.0 Å². The van der Waals surface area contributed by atoms with E-state index in [0.29, 0.717) is 5.76 Å². The molecule has 0 aromatic carbocycles. The van der Waals surface area contributed by atoms with Crippen molar-refractivity contribution >= 4 is 10.0 Å². The smallest absolute Gasteiger partial charge is 0.214 e. The summed E-state index contributed by atoms with van der Waals surface area (Å²) in [7, 11) is -1.79. The van der Waals surface area contributed by atoms with Crippen LogP contribution in [0.4, 0.5) is 0 Å². The van der Waals surface area contributed by atoms with Gasteiger partial charge >= 0.3 is 0 Å². The van der Waals surface area contributed by atoms with Gasteiger partial charge in [-0.05, 0) is 18.6 Å². The minimum absolute atomic E-state index is 0.0410. The third-order valence-corrected chi connectivity index (χ3v) is 3.88. The maximum absolute atomic E-state index is 11.6. The monoisotopic (exact) mass is 233 g/mol. The molecule has 1 N–H and O–H groups in total. The van der Waals surface area contributed by atoms with Crippen molar-refractivity contribution in [3.63, 3.8) is 0 Å². The van der Waals surface area contributed by atoms with Crippen LogP contribution >= 0.6 is 0 Å². The van der Waals surface area contributed by atoms with Gasteiger partial charge in [0.1, 0.15) is 5.76 Å². The number of sulfonamides is 1. The first-order valence-corrected chi connectivity index (χ1v) is 6.24. The summed E-state index contributed by atoms with van der Waals surface area (Å²) in [6, 6.07) is 3.43. The second kappa shape index (κ2) is 5.29. The predicted molar refractivity (Wildman–Crippen MR) is 55.7 cm³/mol. The Morgan fingerprint density at radius 1 is 1.53 bits per heavy atom. The van der Waals surface area contributed by atoms with Gasteiger partial charge in [0, 0.05) is 13.7 Å². The van der Waals surface area contributed by atoms with Gasteiger partial charge < -0.3 is 9.52 Å². The van der Waals surface area contributed by atoms with Crippen LogP contribution in [0.3, 0.4) is 0 Å². The van der Waals surface area contributed by atoms with Crippen molar-refractivity contribution in [3.8, 4) is 0 Å². The van der Waals surface area contributed by atoms with Crippen molar-refractivity contribution < 1.29 is 17.9 Å². The van der Waals surface area contributed by atoms with Gasteiger partial charge in [0.15, 0.2) is 0 Å². The summed E-state index contributed by atoms with van der Waals surface area (Å²) < 4.78 is 29.4. The first-order chi connectivity index (χ1) is 7.06. The molecule has 1 aromatic rings. The Morgan fingerprint density at radius 3 is 2.80 bits per heavy atom. The maximum Gasteiger partial charge on any atom is 0.214 e. The van der Waals surface area contributed by atoms with Crippen LogP contribution in [0, 0.1) is 0 Å². The Bertz CT molecular complexity index is 371. The van der Waals surface area contributed by atoms with Crippen LogP contribution in [0.25, 0.3) is 0 Å². The summed E-state index contributed by atoms with van der Waals surface area (Å²) in [4.78, 5) is 0. The van der Waals surface area contributed by atoms with Gasteiger partial charge in [-0.15, -0.1) is 0 Å². The highest BCUT2D eigenvalue weighted by Crippen LogP contribution is 2.08. The van der Waals surface area contributed by atoms with E-state index in [-0.39, 0.29) is 25.3 Å². The molecule has 0 aliphatic heterocycles. The van der Waals surface area contributed by atoms with Gasteiger partial charge in [-0.25, -0.2) is 8.42 Å². The van der Waals surface area contributed by atoms with Crippen LogP contribution < -0.4 is 0 Å². The highest BCUT2D eigenvalue weighted by Gasteiger charge is 2.18. The van der Waals surface area contributed by atoms with Crippen molar-refractivity contribution in [1.29, 1.82) is 0 Å². The number of hydrogen-bond donors (Lipinski definition) is 1. The molecule has 0 saturated heterocycles. The maximum atomic E-state index is 11.6. The predicted octanol–water partition coefficient (Wildman–Crippen LogP) is 0.424. The zero-order chi connectivity index (χ0) is 11.3. The standard InChI is InChI=1S/C9H15NO4S/c1-10(8-9-4-2-6-14-9)15(12,13)7-3-5-11/h2,4,6,11H,3,5,7-8H2,1H3. The van der Waals surface area contributed by atoms with E-state index in [9.17, 15) is 8.42 Å². The molecule has 6 heteroatoms. The fourth-order valence-electron chi connectivity index (χ4n) is 1.12. The summed E-state index contributed by atoms with van der Waals surface area (Å²) >= 11 is 0. The number of rotatable bonds is 6. The normalized spacial score (nSPS) is 12.2. The molecule has 0 aliphatic rings. The van der Waals surface area contributed by atoms with Crippen LogP contribution in [0.15, 0.2) is 22.8 Å². The first kappa shape index (κ1) is 12.2. The molecule has 0 spiro atoms. The lowest BCUT2D eigenvalue weighted by Gasteiger charge is -2.15. The topological polar surface area (TPSA) is 70.8 Å². The Labute approximate surface area is 89.4 Å². The first-order valence-electron chi connectivity index (χ1n) is 4.63. The van der Waals surface area contributed by atoms with Gasteiger partial charge in [0.25, 0.3) is 0 Å². The van der Waals surface area contributed by atoms with E-state index in [1.54, 1.807) is 12.1 Å². The molecule has 5 nitrogen and oxygen atoms in total. The number of nitrogens with zero attached hydrogens (tertiary/aromatic N) is 1. The second-order valence-electron chi connectivity index (χ2n) is 3.23. The molecule has 0 fully saturated rings. The molecule has 0 atom stereocenters. The zero-order valence-electron chi connectivity index (χ0n) is 8.59. The molecule has 15 heavy (non-hydrogen) atoms. The van der Waals surface area contributed by atoms with E-state index in [1.807, 2.05) is 0 Å². The summed E-state index contributed by atoms with van der Waals surface area (Å²) in [5.41, 5.74) is 0. The molecular formula is C9H15NO4S. The van der Waals surface area contributed by atoms with Crippen LogP contribution in [0.2, 0.25) is 0 Å². The summed E-state index contributed by atoms with van der Waals surface area (Å²) in [5, 5.41) is 8.57. The lowest BCUT2D eigenvalue weighted by Crippen LogP contribution is -2.29. The molecule has 0 aliphatic carbocycles. The van der Waals surface area contributed by atoms with Gasteiger partial charge in [-0.1, -0.05) is 0 Å². The minimum Gasteiger partial charge on any atom is -0.468 e. The highest BCUT2D eigenvalue weighted by atomic mass is 32.2. The second-order valence-corrected chi connectivity index (χ2v) is 5.42. The fourth-order valence-corrected chi connectivity index (χ4v) is 2.25. The van der Waals surface area contributed by atoms with Crippen LogP contribution in [-0.2, 0) is 16.6 Å². The highest BCUT2D eigenvalue weighted by molar-refractivity contribution is 7.89. The Hall–Kier alpha value is -0.850. The van der Waals surface area contributed by atoms with Crippen LogP contribution in [0.1, 0.15) is 12.2 Å². The molecular weight excluding hydrogens is 218 g/mol. The summed E-state index contributed by atoms with van der Waals surface area (Å²) in [5.74, 6) is 0.561. The largest absolute Gasteiger partial charge is 0.468 e. The Balaban J connectivity index is 2.56. The number of furan rings is 1. The molecule has 1 aromatic heterocycles. The lowest BCUT2D eigenvalue weighted by molar-refractivity contribution is 0.294. The number of hydrogen-bond acceptors (Lipinski definition) is 4. The lowest BCUT2D eigenvalue weighted by atomic mass is 10.4. The molecule has 0 saturated carbocycles. The van der Waals surface area contributed by atoms with Crippen molar-refractivity contribution in [2.45, 2.75) is 13.0 Å². The van der Waals surface area contributed by atoms with Gasteiger partial charge in [0.05, 0.1) is 18.6 Å². The molecule has 0 radical (unpaired) electrons. The van der Waals surface area contributed by atoms with Crippen molar-refractivity contribution in [3.05, 3.63) is 24.2 Å². The number of aliphatic hydroxyl groups is 1. The molecule has 0 amide bonds. The van der Waals surface area contributed by atoms with Crippen LogP contribution in [-0.4, -0.2) is 37.2 Å². The molecule has 86 valence electrons. The summed E-state index contributed by atoms with van der Waals surface area (Å²) in [6.07, 6.45) is 1.76.